The summed E-state index contributed by atoms with van der Waals surface area (Å²) in [6, 6.07) is 6.66. The van der Waals surface area contributed by atoms with Gasteiger partial charge in [-0.15, -0.1) is 0 Å². The molecule has 5 heteroatoms. The number of carbonyl (C=O) groups is 1. The fraction of sp³-hybridized carbons (Fsp3) is 0.500. The molecule has 1 aromatic carbocycles. The number of quaternary nitrogens is 1. The SMILES string of the molecule is CC(=O)Cc1ccc(O)cc1.C[N+](C)(C)CCO.[Cl-]. The van der Waals surface area contributed by atoms with Gasteiger partial charge in [-0.3, -0.25) is 4.79 Å². The molecule has 0 aliphatic carbocycles. The van der Waals surface area contributed by atoms with Gasteiger partial charge in [0.2, 0.25) is 0 Å². The van der Waals surface area contributed by atoms with E-state index >= 15 is 0 Å². The lowest BCUT2D eigenvalue weighted by Gasteiger charge is -2.21. The summed E-state index contributed by atoms with van der Waals surface area (Å²) in [5.41, 5.74) is 0.940. The maximum Gasteiger partial charge on any atom is 0.134 e. The molecule has 0 aliphatic heterocycles. The number of hydrogen-bond donors (Lipinski definition) is 2. The number of carbonyl (C=O) groups excluding carboxylic acids is 1. The van der Waals surface area contributed by atoms with Crippen molar-refractivity contribution in [1.29, 1.82) is 0 Å². The number of aliphatic hydroxyl groups excluding tert-OH is 1. The van der Waals surface area contributed by atoms with Crippen molar-refractivity contribution < 1.29 is 31.9 Å². The van der Waals surface area contributed by atoms with Crippen molar-refractivity contribution in [3.8, 4) is 5.75 Å². The quantitative estimate of drug-likeness (QED) is 0.644. The van der Waals surface area contributed by atoms with Crippen molar-refractivity contribution in [1.82, 2.24) is 0 Å². The minimum absolute atomic E-state index is 0. The van der Waals surface area contributed by atoms with Crippen molar-refractivity contribution in [2.24, 2.45) is 0 Å². The largest absolute Gasteiger partial charge is 1.00 e. The molecule has 0 aromatic heterocycles. The van der Waals surface area contributed by atoms with Gasteiger partial charge in [0, 0.05) is 6.42 Å². The Kier molecular flexibility index (Phi) is 10.4. The number of aromatic hydroxyl groups is 1. The van der Waals surface area contributed by atoms with E-state index < -0.39 is 0 Å². The zero-order valence-corrected chi connectivity index (χ0v) is 12.8. The molecule has 0 bridgehead atoms. The van der Waals surface area contributed by atoms with E-state index in [-0.39, 0.29) is 30.5 Å². The van der Waals surface area contributed by atoms with Crippen molar-refractivity contribution in [2.45, 2.75) is 13.3 Å². The van der Waals surface area contributed by atoms with Crippen LogP contribution >= 0.6 is 0 Å². The van der Waals surface area contributed by atoms with E-state index in [0.717, 1.165) is 16.6 Å². The Labute approximate surface area is 121 Å². The third kappa shape index (κ3) is 13.1. The van der Waals surface area contributed by atoms with E-state index in [9.17, 15) is 4.79 Å². The minimum atomic E-state index is 0. The molecule has 0 saturated carbocycles. The van der Waals surface area contributed by atoms with E-state index in [1.54, 1.807) is 31.2 Å². The number of phenolic OH excluding ortho intramolecular Hbond substituents is 1. The molecule has 0 heterocycles. The number of ketones is 1. The molecule has 0 amide bonds. The number of phenols is 1. The van der Waals surface area contributed by atoms with Crippen LogP contribution in [0.15, 0.2) is 24.3 Å². The number of nitrogens with zero attached hydrogens (tertiary/aromatic N) is 1. The van der Waals surface area contributed by atoms with E-state index in [0.29, 0.717) is 6.42 Å². The lowest BCUT2D eigenvalue weighted by Crippen LogP contribution is -3.00. The van der Waals surface area contributed by atoms with Crippen LogP contribution in [0.1, 0.15) is 12.5 Å². The highest BCUT2D eigenvalue weighted by molar-refractivity contribution is 5.78. The van der Waals surface area contributed by atoms with Crippen molar-refractivity contribution in [3.63, 3.8) is 0 Å². The molecule has 0 saturated heterocycles. The van der Waals surface area contributed by atoms with Gasteiger partial charge in [0.1, 0.15) is 18.1 Å². The number of hydrogen-bond acceptors (Lipinski definition) is 3. The standard InChI is InChI=1S/C9H10O2.C5H14NO.ClH/c1-7(10)6-8-2-4-9(11)5-3-8;1-6(2,3)4-5-7;/h2-5,11H,6H2,1H3;7H,4-5H2,1-3H3;1H/q;+1;/p-1. The van der Waals surface area contributed by atoms with Crippen LogP contribution in [-0.2, 0) is 11.2 Å². The zero-order valence-electron chi connectivity index (χ0n) is 12.1. The second-order valence-corrected chi connectivity index (χ2v) is 5.28. The van der Waals surface area contributed by atoms with Crippen LogP contribution in [-0.4, -0.2) is 54.8 Å². The molecule has 1 aromatic rings. The number of likely N-dealkylation sites (N-methyl/N-ethyl adjacent to an activating group) is 1. The minimum Gasteiger partial charge on any atom is -1.00 e. The molecule has 0 fully saturated rings. The Morgan fingerprint density at radius 3 is 1.89 bits per heavy atom. The average Bonchev–Trinajstić information content (AvgIpc) is 2.20. The van der Waals surface area contributed by atoms with Crippen molar-refractivity contribution in [3.05, 3.63) is 29.8 Å². The number of Topliss-reactive ketones (excluding diaryl/α,β-unsaturated/α-hetero) is 1. The maximum absolute atomic E-state index is 10.6. The predicted octanol–water partition coefficient (Wildman–Crippen LogP) is -1.79. The molecule has 0 spiro atoms. The summed E-state index contributed by atoms with van der Waals surface area (Å²) in [5.74, 6) is 0.369. The molecule has 19 heavy (non-hydrogen) atoms. The Morgan fingerprint density at radius 2 is 1.63 bits per heavy atom. The Bertz CT molecular complexity index is 358. The Morgan fingerprint density at radius 1 is 1.16 bits per heavy atom. The normalized spacial score (nSPS) is 9.95. The second kappa shape index (κ2) is 9.78. The summed E-state index contributed by atoms with van der Waals surface area (Å²) in [5, 5.41) is 17.3. The van der Waals surface area contributed by atoms with Crippen LogP contribution in [0, 0.1) is 0 Å². The van der Waals surface area contributed by atoms with Gasteiger partial charge in [0.05, 0.1) is 27.7 Å². The highest BCUT2D eigenvalue weighted by Crippen LogP contribution is 2.09. The van der Waals surface area contributed by atoms with E-state index in [4.69, 9.17) is 10.2 Å². The molecular formula is C14H24ClNO3. The molecule has 0 aliphatic rings. The van der Waals surface area contributed by atoms with Crippen molar-refractivity contribution in [2.75, 3.05) is 34.3 Å². The molecule has 110 valence electrons. The highest BCUT2D eigenvalue weighted by Gasteiger charge is 2.02. The van der Waals surface area contributed by atoms with Gasteiger partial charge in [0.15, 0.2) is 0 Å². The fourth-order valence-electron chi connectivity index (χ4n) is 1.20. The van der Waals surface area contributed by atoms with Crippen LogP contribution in [0.25, 0.3) is 0 Å². The van der Waals surface area contributed by atoms with E-state index in [1.165, 1.54) is 0 Å². The first-order valence-corrected chi connectivity index (χ1v) is 5.93. The van der Waals surface area contributed by atoms with Gasteiger partial charge in [-0.25, -0.2) is 0 Å². The molecule has 0 atom stereocenters. The number of benzene rings is 1. The van der Waals surface area contributed by atoms with Gasteiger partial charge in [0.25, 0.3) is 0 Å². The number of halogens is 1. The lowest BCUT2D eigenvalue weighted by molar-refractivity contribution is -0.870. The van der Waals surface area contributed by atoms with Gasteiger partial charge in [-0.1, -0.05) is 12.1 Å². The molecular weight excluding hydrogens is 266 g/mol. The summed E-state index contributed by atoms with van der Waals surface area (Å²) < 4.78 is 0.844. The summed E-state index contributed by atoms with van der Waals surface area (Å²) in [7, 11) is 6.16. The van der Waals surface area contributed by atoms with Gasteiger partial charge >= 0.3 is 0 Å². The summed E-state index contributed by atoms with van der Waals surface area (Å²) in [6.45, 7) is 2.66. The number of rotatable bonds is 4. The van der Waals surface area contributed by atoms with Crippen molar-refractivity contribution >= 4 is 5.78 Å². The van der Waals surface area contributed by atoms with Crippen LogP contribution in [0.5, 0.6) is 5.75 Å². The van der Waals surface area contributed by atoms with Crippen LogP contribution in [0.3, 0.4) is 0 Å². The van der Waals surface area contributed by atoms with Gasteiger partial charge < -0.3 is 27.1 Å². The van der Waals surface area contributed by atoms with Crippen LogP contribution < -0.4 is 12.4 Å². The predicted molar refractivity (Wildman–Crippen MR) is 72.5 cm³/mol. The zero-order chi connectivity index (χ0) is 14.2. The lowest BCUT2D eigenvalue weighted by atomic mass is 10.1. The van der Waals surface area contributed by atoms with E-state index in [2.05, 4.69) is 21.1 Å². The Hall–Kier alpha value is -1.10. The van der Waals surface area contributed by atoms with Gasteiger partial charge in [-0.2, -0.15) is 0 Å². The topological polar surface area (TPSA) is 57.5 Å². The van der Waals surface area contributed by atoms with Gasteiger partial charge in [-0.05, 0) is 24.6 Å². The Balaban J connectivity index is 0. The molecule has 0 radical (unpaired) electrons. The molecule has 2 N–H and O–H groups in total. The smallest absolute Gasteiger partial charge is 0.134 e. The third-order valence-electron chi connectivity index (χ3n) is 2.16. The molecule has 0 unspecified atom stereocenters. The first-order valence-electron chi connectivity index (χ1n) is 5.93. The van der Waals surface area contributed by atoms with Crippen LogP contribution in [0.2, 0.25) is 0 Å². The first kappa shape index (κ1) is 20.2. The third-order valence-corrected chi connectivity index (χ3v) is 2.16. The fourth-order valence-corrected chi connectivity index (χ4v) is 1.20. The highest BCUT2D eigenvalue weighted by atomic mass is 35.5. The first-order chi connectivity index (χ1) is 8.24. The summed E-state index contributed by atoms with van der Waals surface area (Å²) >= 11 is 0. The molecule has 4 nitrogen and oxygen atoms in total. The second-order valence-electron chi connectivity index (χ2n) is 5.28. The summed E-state index contributed by atoms with van der Waals surface area (Å²) in [4.78, 5) is 10.6. The monoisotopic (exact) mass is 289 g/mol. The average molecular weight is 290 g/mol. The maximum atomic E-state index is 10.6. The van der Waals surface area contributed by atoms with Crippen LogP contribution in [0.4, 0.5) is 0 Å². The molecule has 1 rings (SSSR count). The number of aliphatic hydroxyl groups is 1. The summed E-state index contributed by atoms with van der Waals surface area (Å²) in [6.07, 6.45) is 0.445. The van der Waals surface area contributed by atoms with E-state index in [1.807, 2.05) is 0 Å².